The van der Waals surface area contributed by atoms with E-state index in [-0.39, 0.29) is 0 Å². The largest absolute Gasteiger partial charge is 0.465 e. The number of rotatable bonds is 12. The topological polar surface area (TPSA) is 144 Å². The zero-order valence-electron chi connectivity index (χ0n) is 23.6. The van der Waals surface area contributed by atoms with Crippen LogP contribution in [0.4, 0.5) is 16.7 Å². The molecule has 3 N–H and O–H groups in total. The van der Waals surface area contributed by atoms with E-state index in [0.717, 1.165) is 46.0 Å². The molecule has 1 fully saturated rings. The highest BCUT2D eigenvalue weighted by atomic mass is 79.9. The third kappa shape index (κ3) is 7.33. The number of morpholine rings is 1. The van der Waals surface area contributed by atoms with E-state index in [1.165, 1.54) is 0 Å². The lowest BCUT2D eigenvalue weighted by atomic mass is 10.1. The van der Waals surface area contributed by atoms with Crippen LogP contribution in [0.3, 0.4) is 0 Å². The second-order valence-corrected chi connectivity index (χ2v) is 17.6. The van der Waals surface area contributed by atoms with Gasteiger partial charge in [-0.05, 0) is 46.1 Å². The summed E-state index contributed by atoms with van der Waals surface area (Å²) in [6.45, 7) is 11.5. The monoisotopic (exact) mass is 645 g/mol. The molecule has 1 amide bonds. The molecular formula is C26H36BrN9O4Si. The fraction of sp³-hybridized carbons (Fsp3) is 0.500. The molecule has 0 spiro atoms. The predicted molar refractivity (Wildman–Crippen MR) is 162 cm³/mol. The van der Waals surface area contributed by atoms with Crippen LogP contribution in [0.25, 0.3) is 16.7 Å². The molecule has 4 aromatic rings. The van der Waals surface area contributed by atoms with E-state index < -0.39 is 14.2 Å². The summed E-state index contributed by atoms with van der Waals surface area (Å²) in [6.07, 6.45) is 1.26. The summed E-state index contributed by atoms with van der Waals surface area (Å²) in [7, 11) is -1.23. The summed E-state index contributed by atoms with van der Waals surface area (Å²) in [4.78, 5) is 27.4. The zero-order chi connectivity index (χ0) is 29.0. The van der Waals surface area contributed by atoms with Gasteiger partial charge in [-0.1, -0.05) is 25.7 Å². The second-order valence-electron chi connectivity index (χ2n) is 11.1. The number of ether oxygens (including phenoxy) is 2. The number of fused-ring (bicyclic) bond motifs is 2. The minimum Gasteiger partial charge on any atom is -0.465 e. The molecule has 5 rings (SSSR count). The molecular weight excluding hydrogens is 610 g/mol. The van der Waals surface area contributed by atoms with Crippen molar-refractivity contribution in [1.29, 1.82) is 0 Å². The number of aromatic nitrogens is 6. The number of nitrogens with one attached hydrogen (secondary N) is 2. The van der Waals surface area contributed by atoms with E-state index in [9.17, 15) is 4.79 Å². The molecule has 1 aliphatic heterocycles. The number of carboxylic acid groups (broad SMARTS) is 1. The maximum atomic E-state index is 10.8. The SMILES string of the molecule is C[Si](C)(C)CCOCn1c(CNc2nc(N3CCOCC3)nc3c(Br)cnn23)nc2cc(CCNC(=O)O)ccc21. The number of imidazole rings is 1. The molecule has 1 saturated heterocycles. The predicted octanol–water partition coefficient (Wildman–Crippen LogP) is 3.81. The quantitative estimate of drug-likeness (QED) is 0.154. The minimum atomic E-state index is -1.23. The summed E-state index contributed by atoms with van der Waals surface area (Å²) >= 11 is 3.56. The summed E-state index contributed by atoms with van der Waals surface area (Å²) in [5.74, 6) is 1.97. The lowest BCUT2D eigenvalue weighted by Gasteiger charge is -2.27. The summed E-state index contributed by atoms with van der Waals surface area (Å²) < 4.78 is 16.2. The number of benzene rings is 1. The standard InChI is InChI=1S/C26H36BrN9O4Si/c1-41(2,3)13-12-40-17-35-21-5-4-18(6-7-28-26(37)38)14-20(21)31-22(35)16-29-24-33-25(34-8-10-39-11-9-34)32-23-19(27)15-30-36(23)24/h4-5,14-15,28H,6-13,16-17H2,1-3H3,(H,37,38)(H,29,32,33). The smallest absolute Gasteiger partial charge is 0.404 e. The van der Waals surface area contributed by atoms with Crippen LogP contribution < -0.4 is 15.5 Å². The Morgan fingerprint density at radius 2 is 2.00 bits per heavy atom. The Labute approximate surface area is 247 Å². The number of hydrogen-bond donors (Lipinski definition) is 3. The summed E-state index contributed by atoms with van der Waals surface area (Å²) in [5.41, 5.74) is 3.46. The molecule has 41 heavy (non-hydrogen) atoms. The number of carbonyl (C=O) groups is 1. The van der Waals surface area contributed by atoms with Gasteiger partial charge in [-0.2, -0.15) is 19.6 Å². The zero-order valence-corrected chi connectivity index (χ0v) is 26.1. The fourth-order valence-electron chi connectivity index (χ4n) is 4.52. The first-order chi connectivity index (χ1) is 19.7. The van der Waals surface area contributed by atoms with Gasteiger partial charge in [0.1, 0.15) is 12.6 Å². The van der Waals surface area contributed by atoms with Crippen LogP contribution in [0, 0.1) is 0 Å². The Kier molecular flexibility index (Phi) is 9.06. The van der Waals surface area contributed by atoms with E-state index in [1.807, 2.05) is 18.2 Å². The van der Waals surface area contributed by atoms with Crippen LogP contribution in [0.1, 0.15) is 11.4 Å². The van der Waals surface area contributed by atoms with Crippen LogP contribution in [0.2, 0.25) is 25.7 Å². The van der Waals surface area contributed by atoms with E-state index in [1.54, 1.807) is 10.7 Å². The molecule has 1 aliphatic rings. The minimum absolute atomic E-state index is 0.338. The highest BCUT2D eigenvalue weighted by Crippen LogP contribution is 2.24. The molecule has 1 aromatic carbocycles. The van der Waals surface area contributed by atoms with E-state index in [0.29, 0.717) is 63.6 Å². The number of nitrogens with zero attached hydrogens (tertiary/aromatic N) is 7. The summed E-state index contributed by atoms with van der Waals surface area (Å²) in [5, 5.41) is 19.2. The van der Waals surface area contributed by atoms with Crippen LogP contribution in [-0.2, 0) is 29.2 Å². The van der Waals surface area contributed by atoms with Crippen molar-refractivity contribution in [3.05, 3.63) is 40.3 Å². The number of hydrogen-bond acceptors (Lipinski definition) is 9. The Morgan fingerprint density at radius 1 is 1.20 bits per heavy atom. The van der Waals surface area contributed by atoms with Gasteiger partial charge in [0.05, 0.1) is 41.5 Å². The normalized spacial score (nSPS) is 14.2. The lowest BCUT2D eigenvalue weighted by molar-refractivity contribution is 0.0880. The van der Waals surface area contributed by atoms with Crippen molar-refractivity contribution in [3.8, 4) is 0 Å². The molecule has 0 radical (unpaired) electrons. The Balaban J connectivity index is 1.41. The van der Waals surface area contributed by atoms with Gasteiger partial charge in [0, 0.05) is 34.3 Å². The van der Waals surface area contributed by atoms with Crippen molar-refractivity contribution in [2.45, 2.75) is 45.4 Å². The average Bonchev–Trinajstić information content (AvgIpc) is 3.49. The van der Waals surface area contributed by atoms with E-state index in [2.05, 4.69) is 60.8 Å². The average molecular weight is 647 g/mol. The van der Waals surface area contributed by atoms with Gasteiger partial charge in [-0.3, -0.25) is 0 Å². The van der Waals surface area contributed by atoms with Crippen molar-refractivity contribution in [2.75, 3.05) is 49.7 Å². The third-order valence-electron chi connectivity index (χ3n) is 6.81. The van der Waals surface area contributed by atoms with Crippen LogP contribution in [0.15, 0.2) is 28.9 Å². The molecule has 4 heterocycles. The van der Waals surface area contributed by atoms with Gasteiger partial charge in [0.2, 0.25) is 11.9 Å². The van der Waals surface area contributed by atoms with Crippen LogP contribution in [0.5, 0.6) is 0 Å². The maximum absolute atomic E-state index is 10.8. The Bertz CT molecular complexity index is 1510. The molecule has 0 bridgehead atoms. The first kappa shape index (κ1) is 29.2. The van der Waals surface area contributed by atoms with Crippen molar-refractivity contribution in [3.63, 3.8) is 0 Å². The molecule has 0 unspecified atom stereocenters. The number of anilines is 2. The van der Waals surface area contributed by atoms with Crippen molar-refractivity contribution < 1.29 is 19.4 Å². The van der Waals surface area contributed by atoms with Crippen molar-refractivity contribution >= 4 is 58.7 Å². The molecule has 0 saturated carbocycles. The third-order valence-corrected chi connectivity index (χ3v) is 9.07. The highest BCUT2D eigenvalue weighted by molar-refractivity contribution is 9.10. The van der Waals surface area contributed by atoms with Gasteiger partial charge < -0.3 is 34.7 Å². The molecule has 13 nitrogen and oxygen atoms in total. The molecule has 0 atom stereocenters. The van der Waals surface area contributed by atoms with Gasteiger partial charge in [-0.15, -0.1) is 0 Å². The van der Waals surface area contributed by atoms with Crippen molar-refractivity contribution in [2.24, 2.45) is 0 Å². The van der Waals surface area contributed by atoms with Gasteiger partial charge in [0.25, 0.3) is 0 Å². The Hall–Kier alpha value is -3.27. The fourth-order valence-corrected chi connectivity index (χ4v) is 5.63. The highest BCUT2D eigenvalue weighted by Gasteiger charge is 2.20. The van der Waals surface area contributed by atoms with Gasteiger partial charge in [-0.25, -0.2) is 9.78 Å². The van der Waals surface area contributed by atoms with Crippen molar-refractivity contribution in [1.82, 2.24) is 34.4 Å². The Morgan fingerprint density at radius 3 is 2.76 bits per heavy atom. The first-order valence-electron chi connectivity index (χ1n) is 13.7. The lowest BCUT2D eigenvalue weighted by Crippen LogP contribution is -2.37. The van der Waals surface area contributed by atoms with Gasteiger partial charge in [0.15, 0.2) is 5.65 Å². The molecule has 220 valence electrons. The number of halogens is 1. The van der Waals surface area contributed by atoms with Crippen LogP contribution in [-0.4, -0.2) is 87.9 Å². The molecule has 0 aliphatic carbocycles. The molecule has 15 heteroatoms. The van der Waals surface area contributed by atoms with E-state index >= 15 is 0 Å². The first-order valence-corrected chi connectivity index (χ1v) is 18.2. The summed E-state index contributed by atoms with van der Waals surface area (Å²) in [6, 6.07) is 7.11. The van der Waals surface area contributed by atoms with Crippen LogP contribution >= 0.6 is 15.9 Å². The molecule has 3 aromatic heterocycles. The van der Waals surface area contributed by atoms with Gasteiger partial charge >= 0.3 is 6.09 Å². The number of amides is 1. The second kappa shape index (κ2) is 12.7. The van der Waals surface area contributed by atoms with E-state index in [4.69, 9.17) is 29.5 Å². The maximum Gasteiger partial charge on any atom is 0.404 e.